The second kappa shape index (κ2) is 7.87. The van der Waals surface area contributed by atoms with Gasteiger partial charge in [-0.1, -0.05) is 0 Å². The lowest BCUT2D eigenvalue weighted by atomic mass is 10.2. The molecule has 0 fully saturated rings. The summed E-state index contributed by atoms with van der Waals surface area (Å²) < 4.78 is 15.8. The van der Waals surface area contributed by atoms with Crippen molar-refractivity contribution in [2.75, 3.05) is 27.1 Å². The molecule has 0 aliphatic rings. The molecule has 0 heterocycles. The van der Waals surface area contributed by atoms with E-state index in [1.165, 1.54) is 27.5 Å². The molecule has 0 aliphatic heterocycles. The van der Waals surface area contributed by atoms with E-state index < -0.39 is 0 Å². The highest BCUT2D eigenvalue weighted by Gasteiger charge is 2.12. The fourth-order valence-electron chi connectivity index (χ4n) is 2.04. The number of carbonyl (C=O) groups is 1. The van der Waals surface area contributed by atoms with E-state index in [1.807, 2.05) is 0 Å². The fourth-order valence-corrected chi connectivity index (χ4v) is 2.04. The van der Waals surface area contributed by atoms with Gasteiger partial charge in [-0.25, -0.2) is 5.43 Å². The molecule has 0 atom stereocenters. The molecule has 7 heteroatoms. The Morgan fingerprint density at radius 1 is 1.04 bits per heavy atom. The molecule has 1 amide bonds. The first kappa shape index (κ1) is 17.1. The Bertz CT molecular complexity index is 717. The quantitative estimate of drug-likeness (QED) is 0.480. The lowest BCUT2D eigenvalue weighted by Gasteiger charge is -2.12. The van der Waals surface area contributed by atoms with Crippen LogP contribution in [0.2, 0.25) is 0 Å². The van der Waals surface area contributed by atoms with Crippen molar-refractivity contribution in [1.82, 2.24) is 5.43 Å². The van der Waals surface area contributed by atoms with E-state index in [0.29, 0.717) is 34.1 Å². The molecule has 0 spiro atoms. The van der Waals surface area contributed by atoms with Crippen molar-refractivity contribution >= 4 is 17.8 Å². The Morgan fingerprint density at radius 2 is 1.62 bits per heavy atom. The smallest absolute Gasteiger partial charge is 0.271 e. The summed E-state index contributed by atoms with van der Waals surface area (Å²) in [6.07, 6.45) is 1.49. The van der Waals surface area contributed by atoms with Gasteiger partial charge in [-0.2, -0.15) is 5.10 Å². The zero-order valence-electron chi connectivity index (χ0n) is 13.7. The number of nitrogens with two attached hydrogens (primary N) is 1. The Morgan fingerprint density at radius 3 is 2.12 bits per heavy atom. The third-order valence-corrected chi connectivity index (χ3v) is 3.24. The van der Waals surface area contributed by atoms with Crippen molar-refractivity contribution in [2.24, 2.45) is 5.10 Å². The second-order valence-electron chi connectivity index (χ2n) is 4.78. The van der Waals surface area contributed by atoms with Crippen LogP contribution in [0.4, 0.5) is 5.69 Å². The van der Waals surface area contributed by atoms with Crippen molar-refractivity contribution in [1.29, 1.82) is 0 Å². The first-order valence-electron chi connectivity index (χ1n) is 7.08. The molecule has 2 aromatic carbocycles. The zero-order chi connectivity index (χ0) is 17.5. The molecule has 0 saturated carbocycles. The molecule has 0 aromatic heterocycles. The van der Waals surface area contributed by atoms with E-state index in [1.54, 1.807) is 36.4 Å². The van der Waals surface area contributed by atoms with Crippen molar-refractivity contribution in [3.8, 4) is 17.2 Å². The highest BCUT2D eigenvalue weighted by atomic mass is 16.5. The predicted molar refractivity (Wildman–Crippen MR) is 92.0 cm³/mol. The summed E-state index contributed by atoms with van der Waals surface area (Å²) in [5.74, 6) is 1.16. The average Bonchev–Trinajstić information content (AvgIpc) is 2.61. The highest BCUT2D eigenvalue weighted by molar-refractivity contribution is 5.95. The van der Waals surface area contributed by atoms with Crippen LogP contribution >= 0.6 is 0 Å². The van der Waals surface area contributed by atoms with Crippen LogP contribution in [0.5, 0.6) is 17.2 Å². The lowest BCUT2D eigenvalue weighted by molar-refractivity contribution is 0.0955. The first-order valence-corrected chi connectivity index (χ1v) is 7.08. The summed E-state index contributed by atoms with van der Waals surface area (Å²) in [6.45, 7) is 0. The molecule has 2 aromatic rings. The molecule has 24 heavy (non-hydrogen) atoms. The second-order valence-corrected chi connectivity index (χ2v) is 4.78. The van der Waals surface area contributed by atoms with Gasteiger partial charge in [-0.05, 0) is 36.4 Å². The molecule has 0 bridgehead atoms. The Balaban J connectivity index is 2.14. The van der Waals surface area contributed by atoms with Crippen LogP contribution in [0.1, 0.15) is 15.9 Å². The van der Waals surface area contributed by atoms with E-state index in [9.17, 15) is 4.79 Å². The standard InChI is InChI=1S/C17H19N3O4/c1-22-14-8-11(9-15(23-2)16(14)24-3)10-19-20-17(21)12-4-6-13(18)7-5-12/h4-10H,18H2,1-3H3,(H,20,21). The van der Waals surface area contributed by atoms with Gasteiger partial charge in [-0.15, -0.1) is 0 Å². The van der Waals surface area contributed by atoms with Crippen molar-refractivity contribution < 1.29 is 19.0 Å². The van der Waals surface area contributed by atoms with E-state index in [0.717, 1.165) is 0 Å². The molecule has 0 aliphatic carbocycles. The van der Waals surface area contributed by atoms with E-state index in [4.69, 9.17) is 19.9 Å². The molecule has 126 valence electrons. The van der Waals surface area contributed by atoms with Gasteiger partial charge in [0.15, 0.2) is 11.5 Å². The van der Waals surface area contributed by atoms with Gasteiger partial charge in [0.1, 0.15) is 0 Å². The van der Waals surface area contributed by atoms with Crippen molar-refractivity contribution in [3.63, 3.8) is 0 Å². The molecular weight excluding hydrogens is 310 g/mol. The number of carbonyl (C=O) groups excluding carboxylic acids is 1. The zero-order valence-corrected chi connectivity index (χ0v) is 13.7. The van der Waals surface area contributed by atoms with E-state index >= 15 is 0 Å². The predicted octanol–water partition coefficient (Wildman–Crippen LogP) is 2.06. The maximum absolute atomic E-state index is 12.0. The van der Waals surface area contributed by atoms with Crippen LogP contribution in [0.25, 0.3) is 0 Å². The minimum absolute atomic E-state index is 0.335. The summed E-state index contributed by atoms with van der Waals surface area (Å²) in [5, 5.41) is 3.94. The van der Waals surface area contributed by atoms with Crippen LogP contribution in [-0.2, 0) is 0 Å². The van der Waals surface area contributed by atoms with Gasteiger partial charge in [0, 0.05) is 16.8 Å². The van der Waals surface area contributed by atoms with Crippen molar-refractivity contribution in [2.45, 2.75) is 0 Å². The lowest BCUT2D eigenvalue weighted by Crippen LogP contribution is -2.17. The number of amides is 1. The number of anilines is 1. The number of ether oxygens (including phenoxy) is 3. The van der Waals surface area contributed by atoms with Crippen LogP contribution < -0.4 is 25.4 Å². The number of methoxy groups -OCH3 is 3. The normalized spacial score (nSPS) is 10.5. The van der Waals surface area contributed by atoms with Gasteiger partial charge in [-0.3, -0.25) is 4.79 Å². The maximum atomic E-state index is 12.0. The number of nitrogens with one attached hydrogen (secondary N) is 1. The first-order chi connectivity index (χ1) is 11.6. The van der Waals surface area contributed by atoms with E-state index in [-0.39, 0.29) is 5.91 Å². The van der Waals surface area contributed by atoms with Crippen LogP contribution in [0.3, 0.4) is 0 Å². The topological polar surface area (TPSA) is 95.2 Å². The number of nitrogen functional groups attached to an aromatic ring is 1. The highest BCUT2D eigenvalue weighted by Crippen LogP contribution is 2.37. The number of nitrogens with zero attached hydrogens (tertiary/aromatic N) is 1. The Kier molecular flexibility index (Phi) is 5.62. The molecular formula is C17H19N3O4. The van der Waals surface area contributed by atoms with Gasteiger partial charge in [0.25, 0.3) is 5.91 Å². The largest absolute Gasteiger partial charge is 0.493 e. The molecule has 2 rings (SSSR count). The Hall–Kier alpha value is -3.22. The third kappa shape index (κ3) is 3.95. The number of hydrazone groups is 1. The van der Waals surface area contributed by atoms with Crippen LogP contribution in [0, 0.1) is 0 Å². The number of hydrogen-bond acceptors (Lipinski definition) is 6. The summed E-state index contributed by atoms with van der Waals surface area (Å²) in [4.78, 5) is 12.0. The SMILES string of the molecule is COc1cc(C=NNC(=O)c2ccc(N)cc2)cc(OC)c1OC. The van der Waals surface area contributed by atoms with Crippen molar-refractivity contribution in [3.05, 3.63) is 47.5 Å². The molecule has 7 nitrogen and oxygen atoms in total. The molecule has 0 radical (unpaired) electrons. The van der Waals surface area contributed by atoms with Crippen LogP contribution in [-0.4, -0.2) is 33.5 Å². The summed E-state index contributed by atoms with van der Waals surface area (Å²) in [5.41, 5.74) is 9.77. The number of benzene rings is 2. The third-order valence-electron chi connectivity index (χ3n) is 3.24. The number of rotatable bonds is 6. The summed E-state index contributed by atoms with van der Waals surface area (Å²) in [7, 11) is 4.59. The minimum atomic E-state index is -0.335. The number of hydrogen-bond donors (Lipinski definition) is 2. The minimum Gasteiger partial charge on any atom is -0.493 e. The van der Waals surface area contributed by atoms with Gasteiger partial charge in [0.2, 0.25) is 5.75 Å². The molecule has 0 saturated heterocycles. The maximum Gasteiger partial charge on any atom is 0.271 e. The fraction of sp³-hybridized carbons (Fsp3) is 0.176. The van der Waals surface area contributed by atoms with E-state index in [2.05, 4.69) is 10.5 Å². The average molecular weight is 329 g/mol. The van der Waals surface area contributed by atoms with Crippen LogP contribution in [0.15, 0.2) is 41.5 Å². The van der Waals surface area contributed by atoms with Gasteiger partial charge < -0.3 is 19.9 Å². The summed E-state index contributed by atoms with van der Waals surface area (Å²) in [6, 6.07) is 10.00. The van der Waals surface area contributed by atoms with Gasteiger partial charge >= 0.3 is 0 Å². The molecule has 0 unspecified atom stereocenters. The summed E-state index contributed by atoms with van der Waals surface area (Å²) >= 11 is 0. The molecule has 3 N–H and O–H groups in total. The Labute approximate surface area is 140 Å². The van der Waals surface area contributed by atoms with Gasteiger partial charge in [0.05, 0.1) is 27.5 Å². The monoisotopic (exact) mass is 329 g/mol.